The zero-order valence-electron chi connectivity index (χ0n) is 19.9. The number of thioether (sulfide) groups is 1. The third-order valence-corrected chi connectivity index (χ3v) is 8.92. The summed E-state index contributed by atoms with van der Waals surface area (Å²) < 4.78 is 0. The third-order valence-electron chi connectivity index (χ3n) is 7.88. The highest BCUT2D eigenvalue weighted by atomic mass is 32.2. The molecule has 0 aromatic heterocycles. The summed E-state index contributed by atoms with van der Waals surface area (Å²) in [4.78, 5) is 42.0. The van der Waals surface area contributed by atoms with Crippen molar-refractivity contribution in [2.24, 2.45) is 5.92 Å². The summed E-state index contributed by atoms with van der Waals surface area (Å²) in [7, 11) is 0. The monoisotopic (exact) mass is 499 g/mol. The van der Waals surface area contributed by atoms with Gasteiger partial charge in [-0.3, -0.25) is 24.6 Å². The fourth-order valence-corrected chi connectivity index (χ4v) is 7.86. The molecule has 1 amide bonds. The number of hydrogen-bond acceptors (Lipinski definition) is 6. The predicted molar refractivity (Wildman–Crippen MR) is 139 cm³/mol. The molecule has 36 heavy (non-hydrogen) atoms. The summed E-state index contributed by atoms with van der Waals surface area (Å²) in [5.74, 6) is -0.0924. The van der Waals surface area contributed by atoms with Gasteiger partial charge in [0.2, 0.25) is 5.91 Å². The van der Waals surface area contributed by atoms with E-state index in [1.165, 1.54) is 6.07 Å². The number of nitrogens with zero attached hydrogens (tertiary/aromatic N) is 2. The van der Waals surface area contributed by atoms with Gasteiger partial charge in [-0.1, -0.05) is 60.2 Å². The Kier molecular flexibility index (Phi) is 5.28. The Balaban J connectivity index is 1.64. The lowest BCUT2D eigenvalue weighted by atomic mass is 9.69. The lowest BCUT2D eigenvalue weighted by Crippen LogP contribution is -2.52. The van der Waals surface area contributed by atoms with Crippen LogP contribution in [0.1, 0.15) is 38.5 Å². The van der Waals surface area contributed by atoms with E-state index < -0.39 is 16.4 Å². The number of amides is 1. The van der Waals surface area contributed by atoms with Crippen molar-refractivity contribution in [3.63, 3.8) is 0 Å². The maximum Gasteiger partial charge on any atom is 0.269 e. The van der Waals surface area contributed by atoms with Crippen molar-refractivity contribution in [2.75, 3.05) is 16.9 Å². The lowest BCUT2D eigenvalue weighted by molar-refractivity contribution is -0.384. The summed E-state index contributed by atoms with van der Waals surface area (Å²) in [6.07, 6.45) is 0. The summed E-state index contributed by atoms with van der Waals surface area (Å²) in [5.41, 5.74) is 3.64. The summed E-state index contributed by atoms with van der Waals surface area (Å²) in [5, 5.41) is 14.8. The SMILES string of the molecule is Cc1cc(C)c2c(c1)[C@]1(C(=O)N2)C(C(=O)c2ccccc2)C(c2cccc([N+](=O)[O-])c2)C2CSCN21. The van der Waals surface area contributed by atoms with E-state index in [9.17, 15) is 19.7 Å². The second-order valence-electron chi connectivity index (χ2n) is 9.85. The van der Waals surface area contributed by atoms with E-state index in [0.717, 1.165) is 33.7 Å². The second kappa shape index (κ2) is 8.28. The lowest BCUT2D eigenvalue weighted by Gasteiger charge is -2.36. The quantitative estimate of drug-likeness (QED) is 0.308. The number of aryl methyl sites for hydroxylation is 2. The molecular weight excluding hydrogens is 474 g/mol. The molecule has 0 radical (unpaired) electrons. The Morgan fingerprint density at radius 3 is 2.64 bits per heavy atom. The topological polar surface area (TPSA) is 92.5 Å². The molecule has 7 nitrogen and oxygen atoms in total. The van der Waals surface area contributed by atoms with Crippen molar-refractivity contribution in [2.45, 2.75) is 31.3 Å². The van der Waals surface area contributed by atoms with E-state index in [4.69, 9.17) is 0 Å². The number of Topliss-reactive ketones (excluding diaryl/α,β-unsaturated/α-hetero) is 1. The van der Waals surface area contributed by atoms with Gasteiger partial charge in [-0.25, -0.2) is 0 Å². The van der Waals surface area contributed by atoms with Gasteiger partial charge in [0, 0.05) is 52.5 Å². The van der Waals surface area contributed by atoms with Crippen LogP contribution in [0.2, 0.25) is 0 Å². The van der Waals surface area contributed by atoms with Crippen molar-refractivity contribution >= 4 is 34.8 Å². The van der Waals surface area contributed by atoms with E-state index in [-0.39, 0.29) is 29.3 Å². The van der Waals surface area contributed by atoms with Gasteiger partial charge in [-0.15, -0.1) is 11.8 Å². The predicted octanol–water partition coefficient (Wildman–Crippen LogP) is 5.03. The molecule has 3 aliphatic heterocycles. The summed E-state index contributed by atoms with van der Waals surface area (Å²) in [6, 6.07) is 19.6. The highest BCUT2D eigenvalue weighted by Gasteiger charge is 2.69. The molecule has 182 valence electrons. The number of non-ortho nitro benzene ring substituents is 1. The number of nitrogens with one attached hydrogen (secondary N) is 1. The number of anilines is 1. The van der Waals surface area contributed by atoms with Crippen LogP contribution >= 0.6 is 11.8 Å². The molecule has 6 rings (SSSR count). The van der Waals surface area contributed by atoms with Gasteiger partial charge in [0.15, 0.2) is 5.78 Å². The Labute approximate surface area is 213 Å². The van der Waals surface area contributed by atoms with Gasteiger partial charge in [0.05, 0.1) is 10.8 Å². The van der Waals surface area contributed by atoms with Crippen LogP contribution < -0.4 is 5.32 Å². The first kappa shape index (κ1) is 22.9. The number of rotatable bonds is 4. The van der Waals surface area contributed by atoms with Crippen molar-refractivity contribution in [1.82, 2.24) is 4.90 Å². The molecule has 0 saturated carbocycles. The average molecular weight is 500 g/mol. The third kappa shape index (κ3) is 3.10. The Morgan fingerprint density at radius 2 is 1.89 bits per heavy atom. The Morgan fingerprint density at radius 1 is 1.11 bits per heavy atom. The van der Waals surface area contributed by atoms with Crippen molar-refractivity contribution < 1.29 is 14.5 Å². The van der Waals surface area contributed by atoms with Gasteiger partial charge in [-0.05, 0) is 25.0 Å². The van der Waals surface area contributed by atoms with Crippen LogP contribution in [-0.2, 0) is 10.3 Å². The molecule has 3 aromatic carbocycles. The molecule has 2 fully saturated rings. The number of fused-ring (bicyclic) bond motifs is 4. The molecule has 2 saturated heterocycles. The van der Waals surface area contributed by atoms with Crippen molar-refractivity contribution in [3.8, 4) is 0 Å². The number of ketones is 1. The number of carbonyl (C=O) groups is 2. The van der Waals surface area contributed by atoms with Crippen molar-refractivity contribution in [1.29, 1.82) is 0 Å². The van der Waals surface area contributed by atoms with Crippen LogP contribution in [0.5, 0.6) is 0 Å². The first-order valence-electron chi connectivity index (χ1n) is 12.0. The van der Waals surface area contributed by atoms with Gasteiger partial charge in [0.1, 0.15) is 5.54 Å². The largest absolute Gasteiger partial charge is 0.324 e. The molecule has 3 unspecified atom stereocenters. The van der Waals surface area contributed by atoms with Crippen LogP contribution in [0, 0.1) is 29.9 Å². The maximum atomic E-state index is 14.4. The fraction of sp³-hybridized carbons (Fsp3) is 0.286. The summed E-state index contributed by atoms with van der Waals surface area (Å²) in [6.45, 7) is 3.98. The second-order valence-corrected chi connectivity index (χ2v) is 10.8. The molecule has 4 atom stereocenters. The average Bonchev–Trinajstić information content (AvgIpc) is 3.53. The molecule has 0 aliphatic carbocycles. The molecule has 0 bridgehead atoms. The number of nitro benzene ring substituents is 1. The van der Waals surface area contributed by atoms with E-state index in [0.29, 0.717) is 11.4 Å². The molecular formula is C28H25N3O4S. The number of benzene rings is 3. The minimum atomic E-state index is -1.19. The molecule has 3 aliphatic rings. The highest BCUT2D eigenvalue weighted by molar-refractivity contribution is 7.99. The van der Waals surface area contributed by atoms with Gasteiger partial charge in [-0.2, -0.15) is 0 Å². The standard InChI is InChI=1S/C28H25N3O4S/c1-16-11-17(2)25-21(12-16)28(27(33)29-25)24(26(32)18-7-4-3-5-8-18)23(22-14-36-15-30(22)28)19-9-6-10-20(13-19)31(34)35/h3-13,22-24H,14-15H2,1-2H3,(H,29,33)/t22?,23?,24?,28-/m1/s1. The van der Waals surface area contributed by atoms with E-state index in [1.807, 2.05) is 50.2 Å². The van der Waals surface area contributed by atoms with Crippen LogP contribution in [0.3, 0.4) is 0 Å². The van der Waals surface area contributed by atoms with Gasteiger partial charge >= 0.3 is 0 Å². The number of hydrogen-bond donors (Lipinski definition) is 1. The van der Waals surface area contributed by atoms with E-state index in [1.54, 1.807) is 36.0 Å². The minimum Gasteiger partial charge on any atom is -0.324 e. The first-order valence-corrected chi connectivity index (χ1v) is 13.1. The van der Waals surface area contributed by atoms with E-state index in [2.05, 4.69) is 10.2 Å². The van der Waals surface area contributed by atoms with E-state index >= 15 is 0 Å². The van der Waals surface area contributed by atoms with Gasteiger partial charge in [0.25, 0.3) is 5.69 Å². The molecule has 3 heterocycles. The van der Waals surface area contributed by atoms with Crippen molar-refractivity contribution in [3.05, 3.63) is 105 Å². The van der Waals surface area contributed by atoms with Crippen LogP contribution in [0.25, 0.3) is 0 Å². The summed E-state index contributed by atoms with van der Waals surface area (Å²) >= 11 is 1.73. The molecule has 1 N–H and O–H groups in total. The fourth-order valence-electron chi connectivity index (χ4n) is 6.53. The van der Waals surface area contributed by atoms with Crippen LogP contribution in [-0.4, -0.2) is 39.2 Å². The first-order chi connectivity index (χ1) is 17.3. The minimum absolute atomic E-state index is 0.0143. The Hall–Kier alpha value is -3.49. The number of carbonyl (C=O) groups excluding carboxylic acids is 2. The molecule has 8 heteroatoms. The Bertz CT molecular complexity index is 1430. The number of nitro groups is 1. The smallest absolute Gasteiger partial charge is 0.269 e. The highest BCUT2D eigenvalue weighted by Crippen LogP contribution is 2.61. The zero-order chi connectivity index (χ0) is 25.2. The van der Waals surface area contributed by atoms with Crippen LogP contribution in [0.4, 0.5) is 11.4 Å². The zero-order valence-corrected chi connectivity index (χ0v) is 20.7. The normalized spacial score (nSPS) is 26.6. The van der Waals surface area contributed by atoms with Gasteiger partial charge < -0.3 is 5.32 Å². The molecule has 3 aromatic rings. The van der Waals surface area contributed by atoms with Crippen LogP contribution in [0.15, 0.2) is 66.7 Å². The maximum absolute atomic E-state index is 14.4. The molecule has 1 spiro atoms.